The molecule has 0 spiro atoms. The minimum absolute atomic E-state index is 0.701. The van der Waals surface area contributed by atoms with Crippen molar-refractivity contribution in [3.63, 3.8) is 0 Å². The fourth-order valence-electron chi connectivity index (χ4n) is 3.03. The summed E-state index contributed by atoms with van der Waals surface area (Å²) >= 11 is 0. The van der Waals surface area contributed by atoms with Gasteiger partial charge in [-0.2, -0.15) is 0 Å². The molecule has 120 valence electrons. The van der Waals surface area contributed by atoms with Gasteiger partial charge in [0.1, 0.15) is 6.67 Å². The summed E-state index contributed by atoms with van der Waals surface area (Å²) in [6.07, 6.45) is 0. The molecule has 0 radical (unpaired) electrons. The van der Waals surface area contributed by atoms with Crippen LogP contribution in [0.4, 0.5) is 39.8 Å². The van der Waals surface area contributed by atoms with E-state index >= 15 is 0 Å². The summed E-state index contributed by atoms with van der Waals surface area (Å²) in [5.74, 6) is 0. The lowest BCUT2D eigenvalue weighted by atomic mass is 10.2. The lowest BCUT2D eigenvalue weighted by Crippen LogP contribution is -2.23. The molecule has 0 saturated heterocycles. The average Bonchev–Trinajstić information content (AvgIpc) is 2.95. The minimum atomic E-state index is 0.701. The molecule has 0 saturated carbocycles. The van der Waals surface area contributed by atoms with Crippen LogP contribution in [0.5, 0.6) is 0 Å². The van der Waals surface area contributed by atoms with Gasteiger partial charge in [0.05, 0.1) is 11.4 Å². The Bertz CT molecular complexity index is 871. The van der Waals surface area contributed by atoms with Gasteiger partial charge < -0.3 is 27.0 Å². The Balaban J connectivity index is 1.80. The average molecular weight is 317 g/mol. The summed E-state index contributed by atoms with van der Waals surface area (Å²) in [5.41, 5.74) is 24.3. The predicted octanol–water partition coefficient (Wildman–Crippen LogP) is 3.68. The molecule has 24 heavy (non-hydrogen) atoms. The number of fused-ring (bicyclic) bond motifs is 1. The quantitative estimate of drug-likeness (QED) is 0.628. The first kappa shape index (κ1) is 14.3. The fourth-order valence-corrected chi connectivity index (χ4v) is 3.03. The van der Waals surface area contributed by atoms with E-state index in [1.54, 1.807) is 0 Å². The molecule has 0 bridgehead atoms. The van der Waals surface area contributed by atoms with Crippen molar-refractivity contribution in [2.45, 2.75) is 0 Å². The molecular weight excluding hydrogens is 298 g/mol. The number of nitrogens with zero attached hydrogens (tertiary/aromatic N) is 2. The van der Waals surface area contributed by atoms with Gasteiger partial charge in [-0.05, 0) is 66.7 Å². The highest BCUT2D eigenvalue weighted by molar-refractivity contribution is 5.88. The second-order valence-electron chi connectivity index (χ2n) is 5.93. The van der Waals surface area contributed by atoms with Crippen LogP contribution >= 0.6 is 0 Å². The van der Waals surface area contributed by atoms with Gasteiger partial charge in [0.2, 0.25) is 0 Å². The molecule has 0 aliphatic carbocycles. The van der Waals surface area contributed by atoms with Gasteiger partial charge in [0, 0.05) is 28.4 Å². The van der Waals surface area contributed by atoms with Gasteiger partial charge in [-0.3, -0.25) is 0 Å². The van der Waals surface area contributed by atoms with E-state index in [9.17, 15) is 0 Å². The Labute approximate surface area is 140 Å². The van der Waals surface area contributed by atoms with Crippen LogP contribution in [0.1, 0.15) is 0 Å². The van der Waals surface area contributed by atoms with Gasteiger partial charge in [-0.1, -0.05) is 0 Å². The third-order valence-corrected chi connectivity index (χ3v) is 4.27. The van der Waals surface area contributed by atoms with Gasteiger partial charge in [-0.15, -0.1) is 0 Å². The smallest absolute Gasteiger partial charge is 0.100 e. The summed E-state index contributed by atoms with van der Waals surface area (Å²) in [6.45, 7) is 0.701. The van der Waals surface area contributed by atoms with Crippen molar-refractivity contribution in [3.8, 4) is 0 Å². The third-order valence-electron chi connectivity index (χ3n) is 4.27. The minimum Gasteiger partial charge on any atom is -0.399 e. The maximum atomic E-state index is 6.02. The topological polar surface area (TPSA) is 84.5 Å². The molecule has 1 aliphatic heterocycles. The SMILES string of the molecule is Nc1ccc(N2CN(c3ccc(N)cc3)c3cc(N)ccc32)cc1. The number of benzene rings is 3. The Morgan fingerprint density at radius 3 is 1.54 bits per heavy atom. The molecule has 3 aromatic carbocycles. The Hall–Kier alpha value is -3.34. The fraction of sp³-hybridized carbons (Fsp3) is 0.0526. The van der Waals surface area contributed by atoms with Crippen LogP contribution < -0.4 is 27.0 Å². The van der Waals surface area contributed by atoms with Crippen molar-refractivity contribution < 1.29 is 0 Å². The number of nitrogens with two attached hydrogens (primary N) is 3. The normalized spacial score (nSPS) is 13.2. The monoisotopic (exact) mass is 317 g/mol. The number of rotatable bonds is 2. The first-order valence-electron chi connectivity index (χ1n) is 7.77. The van der Waals surface area contributed by atoms with Crippen LogP contribution in [-0.2, 0) is 0 Å². The van der Waals surface area contributed by atoms with E-state index < -0.39 is 0 Å². The molecular formula is C19H19N5. The van der Waals surface area contributed by atoms with E-state index in [2.05, 4.69) is 15.9 Å². The summed E-state index contributed by atoms with van der Waals surface area (Å²) < 4.78 is 0. The molecule has 0 unspecified atom stereocenters. The zero-order valence-corrected chi connectivity index (χ0v) is 13.2. The van der Waals surface area contributed by atoms with Crippen molar-refractivity contribution in [1.82, 2.24) is 0 Å². The van der Waals surface area contributed by atoms with Crippen LogP contribution in [-0.4, -0.2) is 6.67 Å². The van der Waals surface area contributed by atoms with E-state index in [0.717, 1.165) is 39.8 Å². The van der Waals surface area contributed by atoms with E-state index in [4.69, 9.17) is 17.2 Å². The Morgan fingerprint density at radius 2 is 1.00 bits per heavy atom. The number of anilines is 7. The molecule has 0 aromatic heterocycles. The molecule has 1 heterocycles. The Kier molecular flexibility index (Phi) is 3.20. The molecule has 0 fully saturated rings. The van der Waals surface area contributed by atoms with Crippen LogP contribution in [0.25, 0.3) is 0 Å². The summed E-state index contributed by atoms with van der Waals surface area (Å²) in [7, 11) is 0. The van der Waals surface area contributed by atoms with Crippen LogP contribution in [0.15, 0.2) is 66.7 Å². The second kappa shape index (κ2) is 5.38. The third kappa shape index (κ3) is 2.36. The zero-order valence-electron chi connectivity index (χ0n) is 13.2. The molecule has 4 rings (SSSR count). The maximum absolute atomic E-state index is 6.02. The second-order valence-corrected chi connectivity index (χ2v) is 5.93. The van der Waals surface area contributed by atoms with Crippen LogP contribution in [0.3, 0.4) is 0 Å². The molecule has 5 nitrogen and oxygen atoms in total. The highest BCUT2D eigenvalue weighted by Gasteiger charge is 2.28. The predicted molar refractivity (Wildman–Crippen MR) is 102 cm³/mol. The van der Waals surface area contributed by atoms with E-state index in [0.29, 0.717) is 6.67 Å². The lowest BCUT2D eigenvalue weighted by molar-refractivity contribution is 0.991. The molecule has 6 N–H and O–H groups in total. The number of hydrogen-bond donors (Lipinski definition) is 3. The zero-order chi connectivity index (χ0) is 16.7. The Morgan fingerprint density at radius 1 is 0.542 bits per heavy atom. The van der Waals surface area contributed by atoms with Crippen molar-refractivity contribution in [2.75, 3.05) is 33.7 Å². The molecule has 1 aliphatic rings. The summed E-state index contributed by atoms with van der Waals surface area (Å²) in [4.78, 5) is 4.46. The van der Waals surface area contributed by atoms with E-state index in [1.807, 2.05) is 60.7 Å². The van der Waals surface area contributed by atoms with Crippen molar-refractivity contribution in [1.29, 1.82) is 0 Å². The van der Waals surface area contributed by atoms with E-state index in [1.165, 1.54) is 0 Å². The van der Waals surface area contributed by atoms with Gasteiger partial charge in [-0.25, -0.2) is 0 Å². The van der Waals surface area contributed by atoms with Crippen LogP contribution in [0, 0.1) is 0 Å². The van der Waals surface area contributed by atoms with E-state index in [-0.39, 0.29) is 0 Å². The standard InChI is InChI=1S/C19H19N5/c20-13-1-6-16(7-2-13)23-12-24(17-8-3-14(21)4-9-17)19-11-15(22)5-10-18(19)23/h1-11H,12,20-22H2. The lowest BCUT2D eigenvalue weighted by Gasteiger charge is -2.22. The van der Waals surface area contributed by atoms with Gasteiger partial charge in [0.15, 0.2) is 0 Å². The summed E-state index contributed by atoms with van der Waals surface area (Å²) in [5, 5.41) is 0. The molecule has 5 heteroatoms. The largest absolute Gasteiger partial charge is 0.399 e. The van der Waals surface area contributed by atoms with Crippen molar-refractivity contribution in [2.24, 2.45) is 0 Å². The first-order valence-corrected chi connectivity index (χ1v) is 7.77. The maximum Gasteiger partial charge on any atom is 0.100 e. The number of nitrogen functional groups attached to an aromatic ring is 3. The van der Waals surface area contributed by atoms with Gasteiger partial charge in [0.25, 0.3) is 0 Å². The first-order chi connectivity index (χ1) is 11.6. The molecule has 0 amide bonds. The van der Waals surface area contributed by atoms with Gasteiger partial charge >= 0.3 is 0 Å². The summed E-state index contributed by atoms with van der Waals surface area (Å²) in [6, 6.07) is 21.7. The van der Waals surface area contributed by atoms with Crippen molar-refractivity contribution >= 4 is 39.8 Å². The highest BCUT2D eigenvalue weighted by Crippen LogP contribution is 2.45. The van der Waals surface area contributed by atoms with Crippen LogP contribution in [0.2, 0.25) is 0 Å². The van der Waals surface area contributed by atoms with Crippen molar-refractivity contribution in [3.05, 3.63) is 66.7 Å². The highest BCUT2D eigenvalue weighted by atomic mass is 15.4. The molecule has 3 aromatic rings. The number of hydrogen-bond acceptors (Lipinski definition) is 5. The molecule has 0 atom stereocenters.